The van der Waals surface area contributed by atoms with Crippen molar-refractivity contribution in [1.82, 2.24) is 15.5 Å². The van der Waals surface area contributed by atoms with Gasteiger partial charge in [-0.05, 0) is 7.05 Å². The van der Waals surface area contributed by atoms with Gasteiger partial charge in [0, 0.05) is 26.7 Å². The number of nitrogens with zero attached hydrogens (tertiary/aromatic N) is 2. The summed E-state index contributed by atoms with van der Waals surface area (Å²) in [7, 11) is 3.65. The van der Waals surface area contributed by atoms with E-state index in [1.807, 2.05) is 7.05 Å². The molecule has 0 aromatic carbocycles. The minimum absolute atomic E-state index is 0.0246. The van der Waals surface area contributed by atoms with E-state index in [4.69, 9.17) is 0 Å². The Morgan fingerprint density at radius 3 is 3.00 bits per heavy atom. The maximum atomic E-state index is 11.1. The summed E-state index contributed by atoms with van der Waals surface area (Å²) in [6.45, 7) is 2.49. The summed E-state index contributed by atoms with van der Waals surface area (Å²) < 4.78 is 0. The highest BCUT2D eigenvalue weighted by atomic mass is 16.2. The van der Waals surface area contributed by atoms with E-state index in [1.54, 1.807) is 7.05 Å². The minimum atomic E-state index is -0.154. The molecule has 1 radical (unpaired) electrons. The second kappa shape index (κ2) is 3.69. The molecule has 0 bridgehead atoms. The van der Waals surface area contributed by atoms with Crippen LogP contribution in [-0.2, 0) is 4.79 Å². The van der Waals surface area contributed by atoms with E-state index in [9.17, 15) is 4.79 Å². The number of carbonyl (C=O) groups is 1. The molecule has 1 rings (SSSR count). The molecule has 0 aromatic heterocycles. The first-order valence-electron chi connectivity index (χ1n) is 3.81. The number of nitrogens with one attached hydrogen (secondary N) is 1. The van der Waals surface area contributed by atoms with E-state index in [0.717, 1.165) is 19.6 Å². The molecule has 1 fully saturated rings. The fraction of sp³-hybridized carbons (Fsp3) is 0.857. The quantitative estimate of drug-likeness (QED) is 0.510. The van der Waals surface area contributed by atoms with Crippen molar-refractivity contribution in [3.05, 3.63) is 0 Å². The molecule has 1 aliphatic rings. The Morgan fingerprint density at radius 2 is 2.45 bits per heavy atom. The van der Waals surface area contributed by atoms with Crippen LogP contribution < -0.4 is 10.6 Å². The third-order valence-electron chi connectivity index (χ3n) is 1.86. The zero-order valence-corrected chi connectivity index (χ0v) is 7.00. The van der Waals surface area contributed by atoms with Gasteiger partial charge in [-0.3, -0.25) is 4.79 Å². The molecule has 1 N–H and O–H groups in total. The Morgan fingerprint density at radius 1 is 1.73 bits per heavy atom. The molecule has 0 aliphatic carbocycles. The topological polar surface area (TPSA) is 46.4 Å². The summed E-state index contributed by atoms with van der Waals surface area (Å²) in [5.41, 5.74) is 0. The zero-order valence-electron chi connectivity index (χ0n) is 7.00. The SMILES string of the molecule is CNC(=O)C1CN(C)CC[N]1. The molecule has 4 heteroatoms. The predicted molar refractivity (Wildman–Crippen MR) is 42.4 cm³/mol. The molecule has 11 heavy (non-hydrogen) atoms. The lowest BCUT2D eigenvalue weighted by Crippen LogP contribution is -2.52. The van der Waals surface area contributed by atoms with Gasteiger partial charge in [0.1, 0.15) is 6.04 Å². The van der Waals surface area contributed by atoms with Crippen molar-refractivity contribution in [3.63, 3.8) is 0 Å². The van der Waals surface area contributed by atoms with E-state index < -0.39 is 0 Å². The van der Waals surface area contributed by atoms with Crippen LogP contribution in [-0.4, -0.2) is 50.6 Å². The highest BCUT2D eigenvalue weighted by Crippen LogP contribution is 1.96. The van der Waals surface area contributed by atoms with Gasteiger partial charge in [0.05, 0.1) is 0 Å². The number of likely N-dealkylation sites (N-methyl/N-ethyl adjacent to an activating group) is 2. The lowest BCUT2D eigenvalue weighted by molar-refractivity contribution is -0.123. The Balaban J connectivity index is 2.39. The van der Waals surface area contributed by atoms with Crippen LogP contribution in [0.2, 0.25) is 0 Å². The van der Waals surface area contributed by atoms with E-state index in [-0.39, 0.29) is 11.9 Å². The second-order valence-electron chi connectivity index (χ2n) is 2.80. The van der Waals surface area contributed by atoms with E-state index in [2.05, 4.69) is 15.5 Å². The lowest BCUT2D eigenvalue weighted by Gasteiger charge is -2.27. The molecule has 1 atom stereocenters. The largest absolute Gasteiger partial charge is 0.358 e. The van der Waals surface area contributed by atoms with Crippen LogP contribution in [0.5, 0.6) is 0 Å². The van der Waals surface area contributed by atoms with Gasteiger partial charge in [-0.15, -0.1) is 0 Å². The first-order valence-corrected chi connectivity index (χ1v) is 3.81. The van der Waals surface area contributed by atoms with Gasteiger partial charge in [0.2, 0.25) is 5.91 Å². The van der Waals surface area contributed by atoms with Crippen LogP contribution in [0.3, 0.4) is 0 Å². The highest BCUT2D eigenvalue weighted by molar-refractivity contribution is 5.81. The zero-order chi connectivity index (χ0) is 8.27. The highest BCUT2D eigenvalue weighted by Gasteiger charge is 2.23. The first-order chi connectivity index (χ1) is 5.24. The molecule has 63 valence electrons. The van der Waals surface area contributed by atoms with Crippen LogP contribution in [0, 0.1) is 0 Å². The van der Waals surface area contributed by atoms with Crippen molar-refractivity contribution >= 4 is 5.91 Å². The Bertz CT molecular complexity index is 149. The van der Waals surface area contributed by atoms with Gasteiger partial charge >= 0.3 is 0 Å². The van der Waals surface area contributed by atoms with Crippen LogP contribution in [0.25, 0.3) is 0 Å². The monoisotopic (exact) mass is 156 g/mol. The van der Waals surface area contributed by atoms with Crippen molar-refractivity contribution in [3.8, 4) is 0 Å². The van der Waals surface area contributed by atoms with Gasteiger partial charge in [-0.25, -0.2) is 5.32 Å². The van der Waals surface area contributed by atoms with Gasteiger partial charge in [0.15, 0.2) is 0 Å². The van der Waals surface area contributed by atoms with Gasteiger partial charge < -0.3 is 10.2 Å². The molecule has 1 amide bonds. The molecular formula is C7H14N3O. The number of hydrogen-bond acceptors (Lipinski definition) is 2. The van der Waals surface area contributed by atoms with Crippen molar-refractivity contribution in [2.75, 3.05) is 33.7 Å². The first kappa shape index (κ1) is 8.49. The Kier molecular flexibility index (Phi) is 2.84. The molecule has 1 saturated heterocycles. The molecule has 4 nitrogen and oxygen atoms in total. The molecule has 1 unspecified atom stereocenters. The third-order valence-corrected chi connectivity index (χ3v) is 1.86. The third kappa shape index (κ3) is 2.17. The maximum absolute atomic E-state index is 11.1. The Labute approximate surface area is 66.9 Å². The van der Waals surface area contributed by atoms with Gasteiger partial charge in [-0.2, -0.15) is 0 Å². The fourth-order valence-corrected chi connectivity index (χ4v) is 1.16. The van der Waals surface area contributed by atoms with E-state index in [1.165, 1.54) is 0 Å². The number of amides is 1. The lowest BCUT2D eigenvalue weighted by atomic mass is 10.2. The van der Waals surface area contributed by atoms with E-state index >= 15 is 0 Å². The summed E-state index contributed by atoms with van der Waals surface area (Å²) >= 11 is 0. The Hall–Kier alpha value is -0.610. The average molecular weight is 156 g/mol. The number of rotatable bonds is 1. The van der Waals surface area contributed by atoms with Crippen LogP contribution in [0.1, 0.15) is 0 Å². The molecule has 1 heterocycles. The number of piperazine rings is 1. The normalized spacial score (nSPS) is 26.5. The predicted octanol–water partition coefficient (Wildman–Crippen LogP) is -1.35. The molecule has 1 aliphatic heterocycles. The van der Waals surface area contributed by atoms with Crippen molar-refractivity contribution in [2.45, 2.75) is 6.04 Å². The smallest absolute Gasteiger partial charge is 0.239 e. The molecule has 0 aromatic rings. The van der Waals surface area contributed by atoms with E-state index in [0.29, 0.717) is 0 Å². The maximum Gasteiger partial charge on any atom is 0.239 e. The number of carbonyl (C=O) groups excluding carboxylic acids is 1. The fourth-order valence-electron chi connectivity index (χ4n) is 1.16. The summed E-state index contributed by atoms with van der Waals surface area (Å²) in [4.78, 5) is 13.2. The summed E-state index contributed by atoms with van der Waals surface area (Å²) in [6.07, 6.45) is 0. The van der Waals surface area contributed by atoms with Crippen LogP contribution >= 0.6 is 0 Å². The molecule has 0 spiro atoms. The molecular weight excluding hydrogens is 142 g/mol. The summed E-state index contributed by atoms with van der Waals surface area (Å²) in [5.74, 6) is 0.0246. The van der Waals surface area contributed by atoms with Crippen LogP contribution in [0.4, 0.5) is 0 Å². The summed E-state index contributed by atoms with van der Waals surface area (Å²) in [6, 6.07) is -0.154. The van der Waals surface area contributed by atoms with Gasteiger partial charge in [-0.1, -0.05) is 0 Å². The minimum Gasteiger partial charge on any atom is -0.358 e. The standard InChI is InChI=1S/C7H14N3O/c1-8-7(11)6-5-10(2)4-3-9-6/h6H,3-5H2,1-2H3,(H,8,11). The van der Waals surface area contributed by atoms with Crippen molar-refractivity contribution in [1.29, 1.82) is 0 Å². The van der Waals surface area contributed by atoms with Crippen LogP contribution in [0.15, 0.2) is 0 Å². The summed E-state index contributed by atoms with van der Waals surface area (Å²) in [5, 5.41) is 6.79. The average Bonchev–Trinajstić information content (AvgIpc) is 2.03. The second-order valence-corrected chi connectivity index (χ2v) is 2.80. The van der Waals surface area contributed by atoms with Crippen molar-refractivity contribution in [2.24, 2.45) is 0 Å². The number of hydrogen-bond donors (Lipinski definition) is 1. The molecule has 0 saturated carbocycles. The van der Waals surface area contributed by atoms with Crippen molar-refractivity contribution < 1.29 is 4.79 Å². The van der Waals surface area contributed by atoms with Gasteiger partial charge in [0.25, 0.3) is 0 Å².